The fraction of sp³-hybridized carbons (Fsp3) is 0.148. The van der Waals surface area contributed by atoms with E-state index >= 15 is 0 Å². The largest absolute Gasteiger partial charge is 0.267 e. The zero-order valence-electron chi connectivity index (χ0n) is 17.6. The van der Waals surface area contributed by atoms with Gasteiger partial charge in [-0.3, -0.25) is 4.98 Å². The smallest absolute Gasteiger partial charge is 0.265 e. The normalized spacial score (nSPS) is 10.8. The quantitative estimate of drug-likeness (QED) is 0.479. The summed E-state index contributed by atoms with van der Waals surface area (Å²) in [4.78, 5) is 4.93. The van der Waals surface area contributed by atoms with Crippen LogP contribution in [0.25, 0.3) is 11.1 Å². The molecule has 3 aromatic carbocycles. The van der Waals surface area contributed by atoms with Crippen molar-refractivity contribution in [3.05, 3.63) is 107 Å². The van der Waals surface area contributed by atoms with E-state index in [1.54, 1.807) is 0 Å². The van der Waals surface area contributed by atoms with E-state index in [1.165, 1.54) is 38.7 Å². The van der Waals surface area contributed by atoms with Crippen LogP contribution in [-0.2, 0) is 0 Å². The number of rotatable bonds is 4. The molecule has 0 aliphatic heterocycles. The van der Waals surface area contributed by atoms with Crippen molar-refractivity contribution in [1.82, 2.24) is 4.98 Å². The van der Waals surface area contributed by atoms with Crippen LogP contribution >= 0.6 is 0 Å². The van der Waals surface area contributed by atoms with E-state index in [2.05, 4.69) is 113 Å². The molecule has 0 spiro atoms. The summed E-state index contributed by atoms with van der Waals surface area (Å²) in [5.74, 6) is 0. The van der Waals surface area contributed by atoms with Crippen LogP contribution in [0.5, 0.6) is 0 Å². The molecule has 0 fully saturated rings. The van der Waals surface area contributed by atoms with Gasteiger partial charge < -0.3 is 0 Å². The summed E-state index contributed by atoms with van der Waals surface area (Å²) in [7, 11) is 0. The minimum atomic E-state index is 0.110. The molecule has 4 rings (SSSR count). The third kappa shape index (κ3) is 4.02. The van der Waals surface area contributed by atoms with Crippen molar-refractivity contribution in [2.75, 3.05) is 0 Å². The topological polar surface area (TPSA) is 12.9 Å². The monoisotopic (exact) mass is 375 g/mol. The second-order valence-electron chi connectivity index (χ2n) is 7.94. The Bertz CT molecular complexity index is 1130. The van der Waals surface area contributed by atoms with E-state index in [0.717, 1.165) is 11.3 Å². The number of hydrogen-bond donors (Lipinski definition) is 0. The molecular formula is C27H26BN. The lowest BCUT2D eigenvalue weighted by molar-refractivity contribution is 1.23. The summed E-state index contributed by atoms with van der Waals surface area (Å²) >= 11 is 0. The molecule has 29 heavy (non-hydrogen) atoms. The van der Waals surface area contributed by atoms with Gasteiger partial charge in [0.2, 0.25) is 0 Å². The number of aromatic nitrogens is 1. The highest BCUT2D eigenvalue weighted by molar-refractivity contribution is 6.95. The van der Waals surface area contributed by atoms with Crippen molar-refractivity contribution in [3.63, 3.8) is 0 Å². The maximum absolute atomic E-state index is 4.93. The molecule has 4 aromatic rings. The average molecular weight is 375 g/mol. The van der Waals surface area contributed by atoms with E-state index in [-0.39, 0.29) is 6.71 Å². The number of hydrogen-bond acceptors (Lipinski definition) is 1. The van der Waals surface area contributed by atoms with Crippen LogP contribution in [0.4, 0.5) is 0 Å². The predicted octanol–water partition coefficient (Wildman–Crippen LogP) is 4.50. The van der Waals surface area contributed by atoms with Gasteiger partial charge in [-0.2, -0.15) is 0 Å². The van der Waals surface area contributed by atoms with Gasteiger partial charge in [-0.1, -0.05) is 100 Å². The predicted molar refractivity (Wildman–Crippen MR) is 126 cm³/mol. The van der Waals surface area contributed by atoms with Gasteiger partial charge in [0.15, 0.2) is 0 Å². The van der Waals surface area contributed by atoms with E-state index < -0.39 is 0 Å². The fourth-order valence-electron chi connectivity index (χ4n) is 4.39. The van der Waals surface area contributed by atoms with Crippen LogP contribution in [0.15, 0.2) is 84.9 Å². The van der Waals surface area contributed by atoms with Gasteiger partial charge in [0, 0.05) is 11.3 Å². The summed E-state index contributed by atoms with van der Waals surface area (Å²) < 4.78 is 0. The third-order valence-corrected chi connectivity index (χ3v) is 5.56. The maximum Gasteiger partial charge on any atom is 0.265 e. The van der Waals surface area contributed by atoms with Gasteiger partial charge in [-0.05, 0) is 51.0 Å². The molecule has 0 radical (unpaired) electrons. The first-order valence-corrected chi connectivity index (χ1v) is 10.2. The van der Waals surface area contributed by atoms with Crippen molar-refractivity contribution in [2.45, 2.75) is 27.7 Å². The number of nitrogens with zero attached hydrogens (tertiary/aromatic N) is 1. The van der Waals surface area contributed by atoms with Gasteiger partial charge >= 0.3 is 0 Å². The second-order valence-corrected chi connectivity index (χ2v) is 7.94. The van der Waals surface area contributed by atoms with Gasteiger partial charge in [0.1, 0.15) is 0 Å². The number of benzene rings is 3. The van der Waals surface area contributed by atoms with Crippen LogP contribution < -0.4 is 16.5 Å². The lowest BCUT2D eigenvalue weighted by Crippen LogP contribution is -2.55. The molecule has 0 amide bonds. The Hall–Kier alpha value is -3.13. The molecule has 0 bridgehead atoms. The minimum Gasteiger partial charge on any atom is -0.267 e. The molecule has 1 nitrogen and oxygen atoms in total. The molecule has 1 heterocycles. The van der Waals surface area contributed by atoms with E-state index in [1.807, 2.05) is 0 Å². The highest BCUT2D eigenvalue weighted by Crippen LogP contribution is 2.18. The Labute approximate surface area is 174 Å². The molecule has 0 saturated carbocycles. The van der Waals surface area contributed by atoms with Crippen LogP contribution in [0.2, 0.25) is 0 Å². The van der Waals surface area contributed by atoms with Crippen LogP contribution in [0, 0.1) is 27.7 Å². The Morgan fingerprint density at radius 2 is 1.28 bits per heavy atom. The molecule has 1 aromatic heterocycles. The SMILES string of the molecule is Cc1cc(C)c(B(c2cccc(-c3ccccc3)c2)c2cccc(C)n2)c(C)c1. The van der Waals surface area contributed by atoms with Crippen molar-refractivity contribution in [3.8, 4) is 11.1 Å². The van der Waals surface area contributed by atoms with Gasteiger partial charge in [0.25, 0.3) is 6.71 Å². The van der Waals surface area contributed by atoms with Crippen LogP contribution in [-0.4, -0.2) is 11.7 Å². The van der Waals surface area contributed by atoms with Crippen molar-refractivity contribution in [1.29, 1.82) is 0 Å². The molecular weight excluding hydrogens is 349 g/mol. The van der Waals surface area contributed by atoms with E-state index in [4.69, 9.17) is 4.98 Å². The van der Waals surface area contributed by atoms with Gasteiger partial charge in [-0.15, -0.1) is 0 Å². The highest BCUT2D eigenvalue weighted by atomic mass is 14.7. The summed E-state index contributed by atoms with van der Waals surface area (Å²) in [6.45, 7) is 8.78. The molecule has 0 aliphatic rings. The first kappa shape index (κ1) is 19.2. The molecule has 0 atom stereocenters. The lowest BCUT2D eigenvalue weighted by atomic mass is 9.37. The Kier molecular flexibility index (Phi) is 5.35. The number of pyridine rings is 1. The van der Waals surface area contributed by atoms with Crippen molar-refractivity contribution >= 4 is 23.2 Å². The zero-order valence-corrected chi connectivity index (χ0v) is 17.6. The highest BCUT2D eigenvalue weighted by Gasteiger charge is 2.27. The Balaban J connectivity index is 1.93. The summed E-state index contributed by atoms with van der Waals surface area (Å²) in [5, 5.41) is 0. The third-order valence-electron chi connectivity index (χ3n) is 5.56. The standard InChI is InChI=1S/C27H26BN/c1-19-16-20(2)27(21(3)17-19)28(26-15-8-10-22(4)29-26)25-14-9-13-24(18-25)23-11-6-5-7-12-23/h5-18H,1-4H3. The first-order chi connectivity index (χ1) is 14.0. The van der Waals surface area contributed by atoms with E-state index in [9.17, 15) is 0 Å². The van der Waals surface area contributed by atoms with Gasteiger partial charge in [0.05, 0.1) is 0 Å². The molecule has 0 N–H and O–H groups in total. The van der Waals surface area contributed by atoms with Crippen LogP contribution in [0.3, 0.4) is 0 Å². The summed E-state index contributed by atoms with van der Waals surface area (Å²) in [6, 6.07) is 30.4. The van der Waals surface area contributed by atoms with Crippen molar-refractivity contribution < 1.29 is 0 Å². The van der Waals surface area contributed by atoms with Gasteiger partial charge in [-0.25, -0.2) is 0 Å². The second kappa shape index (κ2) is 8.09. The molecule has 0 aliphatic carbocycles. The van der Waals surface area contributed by atoms with Crippen molar-refractivity contribution in [2.24, 2.45) is 0 Å². The zero-order chi connectivity index (χ0) is 20.4. The fourth-order valence-corrected chi connectivity index (χ4v) is 4.39. The molecule has 0 unspecified atom stereocenters. The lowest BCUT2D eigenvalue weighted by Gasteiger charge is -2.21. The molecule has 0 saturated heterocycles. The summed E-state index contributed by atoms with van der Waals surface area (Å²) in [6.07, 6.45) is 0. The minimum absolute atomic E-state index is 0.110. The first-order valence-electron chi connectivity index (χ1n) is 10.2. The average Bonchev–Trinajstić information content (AvgIpc) is 2.71. The Morgan fingerprint density at radius 3 is 1.97 bits per heavy atom. The van der Waals surface area contributed by atoms with E-state index in [0.29, 0.717) is 0 Å². The summed E-state index contributed by atoms with van der Waals surface area (Å²) in [5.41, 5.74) is 11.2. The molecule has 142 valence electrons. The number of aryl methyl sites for hydroxylation is 4. The maximum atomic E-state index is 4.93. The Morgan fingerprint density at radius 1 is 0.621 bits per heavy atom. The van der Waals surface area contributed by atoms with Crippen LogP contribution in [0.1, 0.15) is 22.4 Å². The molecule has 2 heteroatoms.